The smallest absolute Gasteiger partial charge is 0.270 e. The second-order valence-electron chi connectivity index (χ2n) is 8.79. The van der Waals surface area contributed by atoms with Crippen LogP contribution in [-0.4, -0.2) is 45.5 Å². The van der Waals surface area contributed by atoms with E-state index in [2.05, 4.69) is 0 Å². The van der Waals surface area contributed by atoms with Crippen molar-refractivity contribution in [2.24, 2.45) is 11.8 Å². The fraction of sp³-hybridized carbons (Fsp3) is 0.320. The number of nitro benzene ring substituents is 1. The number of ketones is 1. The Kier molecular flexibility index (Phi) is 4.88. The van der Waals surface area contributed by atoms with Gasteiger partial charge < -0.3 is 4.90 Å². The zero-order valence-electron chi connectivity index (χ0n) is 18.3. The SMILES string of the molecule is CC[C@H](C)N1C(=O)[C@@H]2[C@H](C1=O)[C@@H](C(=O)c1cccc([N+](=O)[O-])c1)N1c3ccccc3C=C[C@H]21. The Hall–Kier alpha value is -3.81. The van der Waals surface area contributed by atoms with Crippen LogP contribution in [0.25, 0.3) is 6.08 Å². The van der Waals surface area contributed by atoms with Crippen LogP contribution in [0.2, 0.25) is 0 Å². The van der Waals surface area contributed by atoms with Gasteiger partial charge in [-0.15, -0.1) is 0 Å². The molecule has 0 radical (unpaired) electrons. The number of carbonyl (C=O) groups excluding carboxylic acids is 3. The molecule has 33 heavy (non-hydrogen) atoms. The van der Waals surface area contributed by atoms with E-state index < -0.39 is 34.6 Å². The molecule has 0 saturated carbocycles. The standard InChI is InChI=1S/C25H23N3O5/c1-3-14(2)26-24(30)20-19-12-11-15-7-4-5-10-18(15)27(19)22(21(20)25(26)31)23(29)16-8-6-9-17(13-16)28(32)33/h4-14,19-22H,3H2,1-2H3/t14-,19+,20-,21-,22-/m0/s1. The van der Waals surface area contributed by atoms with Gasteiger partial charge in [-0.1, -0.05) is 49.4 Å². The number of nitro groups is 1. The number of rotatable bonds is 5. The highest BCUT2D eigenvalue weighted by Crippen LogP contribution is 2.49. The van der Waals surface area contributed by atoms with E-state index in [0.29, 0.717) is 6.42 Å². The number of carbonyl (C=O) groups is 3. The van der Waals surface area contributed by atoms with Gasteiger partial charge in [0.15, 0.2) is 5.78 Å². The number of anilines is 1. The predicted octanol–water partition coefficient (Wildman–Crippen LogP) is 3.46. The largest absolute Gasteiger partial charge is 0.352 e. The topological polar surface area (TPSA) is 101 Å². The first-order valence-electron chi connectivity index (χ1n) is 11.1. The minimum atomic E-state index is -0.932. The molecule has 8 heteroatoms. The number of imide groups is 1. The molecule has 5 rings (SSSR count). The lowest BCUT2D eigenvalue weighted by molar-refractivity contribution is -0.384. The van der Waals surface area contributed by atoms with Crippen LogP contribution in [0.4, 0.5) is 11.4 Å². The highest BCUT2D eigenvalue weighted by molar-refractivity contribution is 6.14. The van der Waals surface area contributed by atoms with Crippen molar-refractivity contribution in [3.05, 3.63) is 75.8 Å². The first-order valence-corrected chi connectivity index (χ1v) is 11.1. The second-order valence-corrected chi connectivity index (χ2v) is 8.79. The van der Waals surface area contributed by atoms with Crippen molar-refractivity contribution in [2.45, 2.75) is 38.4 Å². The molecule has 5 atom stereocenters. The summed E-state index contributed by atoms with van der Waals surface area (Å²) in [7, 11) is 0. The molecule has 3 aliphatic heterocycles. The number of Topliss-reactive ketones (excluding diaryl/α,β-unsaturated/α-hetero) is 1. The van der Waals surface area contributed by atoms with Gasteiger partial charge in [0.2, 0.25) is 11.8 Å². The third-order valence-corrected chi connectivity index (χ3v) is 7.09. The number of nitrogens with zero attached hydrogens (tertiary/aromatic N) is 3. The molecule has 0 N–H and O–H groups in total. The zero-order chi connectivity index (χ0) is 23.4. The molecule has 0 unspecified atom stereocenters. The van der Waals surface area contributed by atoms with Crippen LogP contribution in [0.1, 0.15) is 36.2 Å². The van der Waals surface area contributed by atoms with Crippen molar-refractivity contribution in [1.82, 2.24) is 4.90 Å². The lowest BCUT2D eigenvalue weighted by Crippen LogP contribution is -2.50. The van der Waals surface area contributed by atoms with Gasteiger partial charge in [-0.05, 0) is 25.0 Å². The normalized spacial score (nSPS) is 26.1. The Balaban J connectivity index is 1.65. The van der Waals surface area contributed by atoms with Crippen LogP contribution in [0.3, 0.4) is 0 Å². The van der Waals surface area contributed by atoms with E-state index >= 15 is 0 Å². The Morgan fingerprint density at radius 2 is 1.82 bits per heavy atom. The molecular formula is C25H23N3O5. The number of amides is 2. The molecule has 168 valence electrons. The molecule has 2 saturated heterocycles. The molecule has 8 nitrogen and oxygen atoms in total. The minimum absolute atomic E-state index is 0.155. The van der Waals surface area contributed by atoms with Gasteiger partial charge in [0.05, 0.1) is 22.8 Å². The molecule has 2 aromatic rings. The quantitative estimate of drug-likeness (QED) is 0.302. The summed E-state index contributed by atoms with van der Waals surface area (Å²) in [6.45, 7) is 3.74. The summed E-state index contributed by atoms with van der Waals surface area (Å²) < 4.78 is 0. The van der Waals surface area contributed by atoms with Crippen LogP contribution in [-0.2, 0) is 9.59 Å². The summed E-state index contributed by atoms with van der Waals surface area (Å²) in [6.07, 6.45) is 4.44. The van der Waals surface area contributed by atoms with Gasteiger partial charge in [-0.25, -0.2) is 0 Å². The lowest BCUT2D eigenvalue weighted by Gasteiger charge is -2.37. The first kappa shape index (κ1) is 21.1. The van der Waals surface area contributed by atoms with Crippen LogP contribution in [0.15, 0.2) is 54.6 Å². The summed E-state index contributed by atoms with van der Waals surface area (Å²) in [6, 6.07) is 11.5. The highest BCUT2D eigenvalue weighted by Gasteiger charge is 2.64. The maximum atomic E-state index is 13.9. The monoisotopic (exact) mass is 445 g/mol. The van der Waals surface area contributed by atoms with Crippen LogP contribution in [0.5, 0.6) is 0 Å². The van der Waals surface area contributed by atoms with Crippen LogP contribution >= 0.6 is 0 Å². The number of para-hydroxylation sites is 1. The van der Waals surface area contributed by atoms with Crippen molar-refractivity contribution in [3.63, 3.8) is 0 Å². The summed E-state index contributed by atoms with van der Waals surface area (Å²) in [4.78, 5) is 54.8. The van der Waals surface area contributed by atoms with E-state index in [9.17, 15) is 24.5 Å². The van der Waals surface area contributed by atoms with Gasteiger partial charge >= 0.3 is 0 Å². The van der Waals surface area contributed by atoms with Crippen LogP contribution < -0.4 is 4.90 Å². The molecule has 3 heterocycles. The lowest BCUT2D eigenvalue weighted by atomic mass is 9.86. The Morgan fingerprint density at radius 1 is 1.09 bits per heavy atom. The fourth-order valence-electron chi connectivity index (χ4n) is 5.40. The molecule has 0 aromatic heterocycles. The summed E-state index contributed by atoms with van der Waals surface area (Å²) in [5, 5.41) is 11.3. The first-order chi connectivity index (χ1) is 15.8. The number of non-ortho nitro benzene ring substituents is 1. The summed E-state index contributed by atoms with van der Waals surface area (Å²) >= 11 is 0. The Bertz CT molecular complexity index is 1220. The number of benzene rings is 2. The van der Waals surface area contributed by atoms with Gasteiger partial charge in [-0.2, -0.15) is 0 Å². The maximum absolute atomic E-state index is 13.9. The van der Waals surface area contributed by atoms with E-state index in [0.717, 1.165) is 11.3 Å². The molecule has 0 spiro atoms. The Morgan fingerprint density at radius 3 is 2.55 bits per heavy atom. The molecule has 2 fully saturated rings. The molecular weight excluding hydrogens is 422 g/mol. The second kappa shape index (κ2) is 7.65. The molecule has 2 aromatic carbocycles. The fourth-order valence-corrected chi connectivity index (χ4v) is 5.40. The third kappa shape index (κ3) is 3.01. The van der Waals surface area contributed by atoms with Crippen molar-refractivity contribution in [2.75, 3.05) is 4.90 Å². The minimum Gasteiger partial charge on any atom is -0.352 e. The van der Waals surface area contributed by atoms with E-state index in [1.165, 1.54) is 29.2 Å². The maximum Gasteiger partial charge on any atom is 0.270 e. The average molecular weight is 445 g/mol. The predicted molar refractivity (Wildman–Crippen MR) is 122 cm³/mol. The van der Waals surface area contributed by atoms with Gasteiger partial charge in [0, 0.05) is 29.4 Å². The van der Waals surface area contributed by atoms with Crippen molar-refractivity contribution in [1.29, 1.82) is 0 Å². The average Bonchev–Trinajstić information content (AvgIpc) is 3.31. The highest BCUT2D eigenvalue weighted by atomic mass is 16.6. The zero-order valence-corrected chi connectivity index (χ0v) is 18.3. The number of fused-ring (bicyclic) bond motifs is 5. The summed E-state index contributed by atoms with van der Waals surface area (Å²) in [5.74, 6) is -2.52. The summed E-state index contributed by atoms with van der Waals surface area (Å²) in [5.41, 5.74) is 1.63. The molecule has 3 aliphatic rings. The van der Waals surface area contributed by atoms with Gasteiger partial charge in [0.1, 0.15) is 6.04 Å². The van der Waals surface area contributed by atoms with E-state index in [4.69, 9.17) is 0 Å². The third-order valence-electron chi connectivity index (χ3n) is 7.09. The van der Waals surface area contributed by atoms with Gasteiger partial charge in [0.25, 0.3) is 5.69 Å². The molecule has 0 bridgehead atoms. The van der Waals surface area contributed by atoms with Crippen LogP contribution in [0, 0.1) is 22.0 Å². The Labute approximate surface area is 190 Å². The molecule has 2 amide bonds. The number of hydrogen-bond acceptors (Lipinski definition) is 6. The van der Waals surface area contributed by atoms with E-state index in [1.54, 1.807) is 0 Å². The number of likely N-dealkylation sites (tertiary alicyclic amines) is 1. The molecule has 0 aliphatic carbocycles. The van der Waals surface area contributed by atoms with Crippen molar-refractivity contribution >= 4 is 35.0 Å². The van der Waals surface area contributed by atoms with E-state index in [-0.39, 0.29) is 29.1 Å². The van der Waals surface area contributed by atoms with Crippen molar-refractivity contribution in [3.8, 4) is 0 Å². The number of hydrogen-bond donors (Lipinski definition) is 0. The van der Waals surface area contributed by atoms with Gasteiger partial charge in [-0.3, -0.25) is 29.4 Å². The van der Waals surface area contributed by atoms with Crippen molar-refractivity contribution < 1.29 is 19.3 Å². The van der Waals surface area contributed by atoms with E-state index in [1.807, 2.05) is 55.2 Å².